The highest BCUT2D eigenvalue weighted by molar-refractivity contribution is 5.99. The van der Waals surface area contributed by atoms with Gasteiger partial charge >= 0.3 is 0 Å². The summed E-state index contributed by atoms with van der Waals surface area (Å²) >= 11 is 0. The Labute approximate surface area is 229 Å². The fourth-order valence-electron chi connectivity index (χ4n) is 5.15. The summed E-state index contributed by atoms with van der Waals surface area (Å²) in [6, 6.07) is 13.7. The molecule has 8 nitrogen and oxygen atoms in total. The van der Waals surface area contributed by atoms with E-state index in [1.165, 1.54) is 12.1 Å². The molecular weight excluding hydrogens is 517 g/mol. The number of benzene rings is 3. The zero-order valence-electron chi connectivity index (χ0n) is 22.2. The smallest absolute Gasteiger partial charge is 0.291 e. The number of rotatable bonds is 9. The summed E-state index contributed by atoms with van der Waals surface area (Å²) in [6.45, 7) is 5.19. The number of carbonyl (C=O) groups is 1. The van der Waals surface area contributed by atoms with Crippen LogP contribution in [0, 0.1) is 5.82 Å². The largest absolute Gasteiger partial charge is 0.490 e. The highest BCUT2D eigenvalue weighted by Crippen LogP contribution is 2.42. The molecule has 1 atom stereocenters. The number of hydrogen-bond donors (Lipinski definition) is 0. The number of fused-ring (bicyclic) bond motifs is 3. The summed E-state index contributed by atoms with van der Waals surface area (Å²) < 4.78 is 42.9. The fourth-order valence-corrected chi connectivity index (χ4v) is 5.15. The third kappa shape index (κ3) is 4.51. The van der Waals surface area contributed by atoms with Crippen molar-refractivity contribution >= 4 is 16.9 Å². The van der Waals surface area contributed by atoms with Gasteiger partial charge in [-0.05, 0) is 66.9 Å². The van der Waals surface area contributed by atoms with E-state index >= 15 is 0 Å². The van der Waals surface area contributed by atoms with E-state index < -0.39 is 23.2 Å². The minimum absolute atomic E-state index is 0.0592. The Kier molecular flexibility index (Phi) is 6.79. The van der Waals surface area contributed by atoms with Gasteiger partial charge in [0.15, 0.2) is 28.4 Å². The summed E-state index contributed by atoms with van der Waals surface area (Å²) in [5.41, 5.74) is 1.27. The Morgan fingerprint density at radius 2 is 1.80 bits per heavy atom. The Bertz CT molecular complexity index is 1660. The van der Waals surface area contributed by atoms with Crippen molar-refractivity contribution in [2.45, 2.75) is 39.3 Å². The molecule has 0 fully saturated rings. The molecule has 0 saturated carbocycles. The van der Waals surface area contributed by atoms with Gasteiger partial charge in [-0.15, -0.1) is 0 Å². The third-order valence-electron chi connectivity index (χ3n) is 7.06. The Morgan fingerprint density at radius 1 is 0.950 bits per heavy atom. The van der Waals surface area contributed by atoms with Crippen molar-refractivity contribution in [3.63, 3.8) is 0 Å². The van der Waals surface area contributed by atoms with Crippen LogP contribution in [-0.4, -0.2) is 30.8 Å². The Morgan fingerprint density at radius 3 is 2.62 bits per heavy atom. The molecule has 4 aromatic rings. The molecular formula is C31H28FNO7. The summed E-state index contributed by atoms with van der Waals surface area (Å²) in [5.74, 6) is 1.24. The van der Waals surface area contributed by atoms with Gasteiger partial charge in [-0.1, -0.05) is 25.5 Å². The summed E-state index contributed by atoms with van der Waals surface area (Å²) in [5, 5.41) is 0.0750. The normalized spacial score (nSPS) is 15.5. The molecule has 40 heavy (non-hydrogen) atoms. The number of halogens is 1. The second kappa shape index (κ2) is 10.6. The molecule has 2 aliphatic rings. The average Bonchev–Trinajstić information content (AvgIpc) is 3.53. The van der Waals surface area contributed by atoms with Crippen LogP contribution in [0.3, 0.4) is 0 Å². The first-order valence-corrected chi connectivity index (χ1v) is 13.3. The first-order chi connectivity index (χ1) is 19.5. The molecule has 1 aromatic heterocycles. The molecule has 0 N–H and O–H groups in total. The van der Waals surface area contributed by atoms with Gasteiger partial charge in [0.1, 0.15) is 11.4 Å². The van der Waals surface area contributed by atoms with Crippen LogP contribution in [0.15, 0.2) is 63.8 Å². The van der Waals surface area contributed by atoms with Gasteiger partial charge in [0, 0.05) is 6.54 Å². The fraction of sp³-hybridized carbons (Fsp3) is 0.290. The zero-order valence-corrected chi connectivity index (χ0v) is 22.2. The van der Waals surface area contributed by atoms with E-state index in [1.54, 1.807) is 23.1 Å². The van der Waals surface area contributed by atoms with E-state index in [0.29, 0.717) is 41.8 Å². The van der Waals surface area contributed by atoms with Crippen LogP contribution in [0.25, 0.3) is 11.0 Å². The van der Waals surface area contributed by atoms with Crippen molar-refractivity contribution in [2.24, 2.45) is 0 Å². The lowest BCUT2D eigenvalue weighted by atomic mass is 9.97. The van der Waals surface area contributed by atoms with Crippen molar-refractivity contribution < 1.29 is 32.5 Å². The van der Waals surface area contributed by atoms with Gasteiger partial charge in [-0.25, -0.2) is 4.39 Å². The molecule has 206 valence electrons. The second-order valence-corrected chi connectivity index (χ2v) is 9.68. The molecule has 3 aromatic carbocycles. The minimum Gasteiger partial charge on any atom is -0.490 e. The van der Waals surface area contributed by atoms with Crippen LogP contribution in [0.5, 0.6) is 23.0 Å². The van der Waals surface area contributed by atoms with E-state index in [-0.39, 0.29) is 35.6 Å². The lowest BCUT2D eigenvalue weighted by molar-refractivity contribution is 0.0714. The van der Waals surface area contributed by atoms with Crippen LogP contribution in [0.1, 0.15) is 60.0 Å². The van der Waals surface area contributed by atoms with Gasteiger partial charge in [0.2, 0.25) is 12.6 Å². The minimum atomic E-state index is -0.805. The molecule has 0 radical (unpaired) electrons. The molecule has 1 unspecified atom stereocenters. The molecule has 3 heterocycles. The summed E-state index contributed by atoms with van der Waals surface area (Å²) in [4.78, 5) is 29.2. The van der Waals surface area contributed by atoms with Gasteiger partial charge in [0.05, 0.1) is 30.2 Å². The maximum absolute atomic E-state index is 14.1. The number of unbranched alkanes of at least 4 members (excludes halogenated alkanes) is 1. The molecule has 2 aliphatic heterocycles. The molecule has 0 aliphatic carbocycles. The highest BCUT2D eigenvalue weighted by Gasteiger charge is 2.43. The number of carbonyl (C=O) groups excluding carboxylic acids is 1. The van der Waals surface area contributed by atoms with Gasteiger partial charge < -0.3 is 28.3 Å². The van der Waals surface area contributed by atoms with E-state index in [1.807, 2.05) is 25.1 Å². The van der Waals surface area contributed by atoms with Crippen LogP contribution >= 0.6 is 0 Å². The first kappa shape index (κ1) is 25.7. The predicted octanol–water partition coefficient (Wildman–Crippen LogP) is 5.98. The molecule has 0 spiro atoms. The highest BCUT2D eigenvalue weighted by atomic mass is 19.1. The van der Waals surface area contributed by atoms with E-state index in [9.17, 15) is 14.0 Å². The quantitative estimate of drug-likeness (QED) is 0.239. The van der Waals surface area contributed by atoms with Crippen molar-refractivity contribution in [2.75, 3.05) is 20.0 Å². The van der Waals surface area contributed by atoms with Crippen LogP contribution in [-0.2, 0) is 6.54 Å². The predicted molar refractivity (Wildman–Crippen MR) is 145 cm³/mol. The van der Waals surface area contributed by atoms with Crippen LogP contribution < -0.4 is 24.4 Å². The van der Waals surface area contributed by atoms with Crippen LogP contribution in [0.4, 0.5) is 4.39 Å². The molecule has 0 saturated heterocycles. The van der Waals surface area contributed by atoms with Crippen molar-refractivity contribution in [3.8, 4) is 23.0 Å². The van der Waals surface area contributed by atoms with Crippen molar-refractivity contribution in [1.82, 2.24) is 4.90 Å². The Balaban J connectivity index is 1.48. The molecule has 1 amide bonds. The SMILES string of the molecule is CCCCOc1ccc(C2c3c(oc4ccc(F)cc4c3=O)C(=O)N2Cc2ccc3c(c2)OCO3)cc1OCC. The molecule has 9 heteroatoms. The molecule has 6 rings (SSSR count). The van der Waals surface area contributed by atoms with Gasteiger partial charge in [-0.2, -0.15) is 0 Å². The maximum atomic E-state index is 14.1. The van der Waals surface area contributed by atoms with Gasteiger partial charge in [0.25, 0.3) is 5.91 Å². The standard InChI is InChI=1S/C31H28FNO7/c1-3-5-12-37-23-10-7-19(14-26(23)36-4-2)28-27-29(34)21-15-20(32)8-11-22(21)40-30(27)31(35)33(28)16-18-6-9-24-25(13-18)39-17-38-24/h6-11,13-15,28H,3-5,12,16-17H2,1-2H3. The van der Waals surface area contributed by atoms with Gasteiger partial charge in [-0.3, -0.25) is 9.59 Å². The third-order valence-corrected chi connectivity index (χ3v) is 7.06. The zero-order chi connectivity index (χ0) is 27.8. The second-order valence-electron chi connectivity index (χ2n) is 9.68. The number of amides is 1. The topological polar surface area (TPSA) is 87.4 Å². The lowest BCUT2D eigenvalue weighted by Crippen LogP contribution is -2.29. The maximum Gasteiger partial charge on any atom is 0.291 e. The lowest BCUT2D eigenvalue weighted by Gasteiger charge is -2.26. The number of nitrogens with zero attached hydrogens (tertiary/aromatic N) is 1. The summed E-state index contributed by atoms with van der Waals surface area (Å²) in [6.07, 6.45) is 1.88. The first-order valence-electron chi connectivity index (χ1n) is 13.3. The van der Waals surface area contributed by atoms with E-state index in [2.05, 4.69) is 6.92 Å². The van der Waals surface area contributed by atoms with E-state index in [0.717, 1.165) is 24.5 Å². The number of hydrogen-bond acceptors (Lipinski definition) is 7. The monoisotopic (exact) mass is 545 g/mol. The number of ether oxygens (including phenoxy) is 4. The van der Waals surface area contributed by atoms with Crippen LogP contribution in [0.2, 0.25) is 0 Å². The summed E-state index contributed by atoms with van der Waals surface area (Å²) in [7, 11) is 0. The van der Waals surface area contributed by atoms with Crippen molar-refractivity contribution in [1.29, 1.82) is 0 Å². The molecule has 0 bridgehead atoms. The van der Waals surface area contributed by atoms with E-state index in [4.69, 9.17) is 23.4 Å². The average molecular weight is 546 g/mol. The Hall–Kier alpha value is -4.53. The van der Waals surface area contributed by atoms with Crippen molar-refractivity contribution in [3.05, 3.63) is 93.1 Å².